The molecule has 0 unspecified atom stereocenters. The van der Waals surface area contributed by atoms with Gasteiger partial charge in [-0.15, -0.1) is 0 Å². The fourth-order valence-corrected chi connectivity index (χ4v) is 3.42. The first-order chi connectivity index (χ1) is 13.9. The molecule has 7 nitrogen and oxygen atoms in total. The zero-order valence-corrected chi connectivity index (χ0v) is 15.3. The van der Waals surface area contributed by atoms with E-state index in [0.29, 0.717) is 36.8 Å². The number of amides is 1. The zero-order valence-electron chi connectivity index (χ0n) is 15.3. The van der Waals surface area contributed by atoms with E-state index in [9.17, 15) is 18.0 Å². The summed E-state index contributed by atoms with van der Waals surface area (Å²) in [4.78, 5) is 21.9. The molecule has 3 aromatic rings. The Labute approximate surface area is 163 Å². The molecule has 3 aromatic heterocycles. The summed E-state index contributed by atoms with van der Waals surface area (Å²) >= 11 is 0. The van der Waals surface area contributed by atoms with Crippen LogP contribution in [0.3, 0.4) is 0 Å². The third kappa shape index (κ3) is 4.15. The van der Waals surface area contributed by atoms with E-state index in [1.807, 2.05) is 0 Å². The monoisotopic (exact) mass is 405 g/mol. The van der Waals surface area contributed by atoms with Gasteiger partial charge in [-0.2, -0.15) is 13.2 Å². The second-order valence-corrected chi connectivity index (χ2v) is 6.91. The van der Waals surface area contributed by atoms with Crippen LogP contribution in [0.2, 0.25) is 0 Å². The number of alkyl halides is 3. The predicted molar refractivity (Wildman–Crippen MR) is 98.2 cm³/mol. The SMILES string of the molecule is O=C(c1ccno1)N1CCC(CNc2nccc3nc(C(F)(F)F)ccc23)CC1. The maximum atomic E-state index is 12.9. The number of hydrogen-bond donors (Lipinski definition) is 1. The second-order valence-electron chi connectivity index (χ2n) is 6.91. The summed E-state index contributed by atoms with van der Waals surface area (Å²) in [5, 5.41) is 7.32. The van der Waals surface area contributed by atoms with E-state index in [1.54, 1.807) is 11.0 Å². The van der Waals surface area contributed by atoms with Crippen LogP contribution in [-0.2, 0) is 6.18 Å². The number of hydrogen-bond acceptors (Lipinski definition) is 6. The number of likely N-dealkylation sites (tertiary alicyclic amines) is 1. The van der Waals surface area contributed by atoms with Crippen molar-refractivity contribution in [1.29, 1.82) is 0 Å². The molecule has 152 valence electrons. The van der Waals surface area contributed by atoms with Crippen molar-refractivity contribution in [2.45, 2.75) is 19.0 Å². The Morgan fingerprint density at radius 3 is 2.66 bits per heavy atom. The molecular weight excluding hydrogens is 387 g/mol. The molecule has 4 heterocycles. The number of fused-ring (bicyclic) bond motifs is 1. The maximum Gasteiger partial charge on any atom is 0.433 e. The van der Waals surface area contributed by atoms with Gasteiger partial charge in [0.25, 0.3) is 5.91 Å². The van der Waals surface area contributed by atoms with Crippen LogP contribution >= 0.6 is 0 Å². The molecule has 0 radical (unpaired) electrons. The van der Waals surface area contributed by atoms with Crippen LogP contribution in [0.15, 0.2) is 41.2 Å². The first-order valence-corrected chi connectivity index (χ1v) is 9.18. The van der Waals surface area contributed by atoms with E-state index in [2.05, 4.69) is 20.4 Å². The van der Waals surface area contributed by atoms with Crippen molar-refractivity contribution in [3.05, 3.63) is 48.1 Å². The van der Waals surface area contributed by atoms with Crippen molar-refractivity contribution in [2.75, 3.05) is 25.0 Å². The van der Waals surface area contributed by atoms with Crippen LogP contribution in [0.1, 0.15) is 29.1 Å². The minimum Gasteiger partial charge on any atom is -0.369 e. The summed E-state index contributed by atoms with van der Waals surface area (Å²) in [7, 11) is 0. The fourth-order valence-electron chi connectivity index (χ4n) is 3.42. The molecule has 0 aromatic carbocycles. The van der Waals surface area contributed by atoms with Crippen LogP contribution in [0, 0.1) is 5.92 Å². The number of carbonyl (C=O) groups is 1. The fraction of sp³-hybridized carbons (Fsp3) is 0.368. The molecule has 0 spiro atoms. The van der Waals surface area contributed by atoms with Crippen LogP contribution in [0.4, 0.5) is 19.0 Å². The van der Waals surface area contributed by atoms with Crippen molar-refractivity contribution in [3.8, 4) is 0 Å². The van der Waals surface area contributed by atoms with E-state index in [1.165, 1.54) is 24.5 Å². The van der Waals surface area contributed by atoms with Gasteiger partial charge in [0, 0.05) is 37.3 Å². The van der Waals surface area contributed by atoms with Crippen LogP contribution in [0.5, 0.6) is 0 Å². The lowest BCUT2D eigenvalue weighted by Crippen LogP contribution is -2.39. The summed E-state index contributed by atoms with van der Waals surface area (Å²) in [5.74, 6) is 0.876. The highest BCUT2D eigenvalue weighted by Gasteiger charge is 2.32. The zero-order chi connectivity index (χ0) is 20.4. The van der Waals surface area contributed by atoms with Crippen molar-refractivity contribution in [3.63, 3.8) is 0 Å². The molecule has 0 atom stereocenters. The Morgan fingerprint density at radius 2 is 1.97 bits per heavy atom. The van der Waals surface area contributed by atoms with Gasteiger partial charge in [-0.3, -0.25) is 4.79 Å². The van der Waals surface area contributed by atoms with Gasteiger partial charge in [0.15, 0.2) is 0 Å². The number of nitrogens with one attached hydrogen (secondary N) is 1. The number of halogens is 3. The van der Waals surface area contributed by atoms with Gasteiger partial charge in [0.05, 0.1) is 11.7 Å². The summed E-state index contributed by atoms with van der Waals surface area (Å²) in [6.45, 7) is 1.81. The van der Waals surface area contributed by atoms with E-state index in [-0.39, 0.29) is 17.2 Å². The summed E-state index contributed by atoms with van der Waals surface area (Å²) in [6.07, 6.45) is -0.00546. The standard InChI is InChI=1S/C19H18F3N5O2/c20-19(21,22)16-2-1-13-14(26-16)3-7-23-17(13)24-11-12-5-9-27(10-6-12)18(28)15-4-8-25-29-15/h1-4,7-8,12H,5-6,9-11H2,(H,23,24). The predicted octanol–water partition coefficient (Wildman–Crippen LogP) is 3.60. The average molecular weight is 405 g/mol. The highest BCUT2D eigenvalue weighted by atomic mass is 19.4. The number of carbonyl (C=O) groups excluding carboxylic acids is 1. The normalized spacial score (nSPS) is 15.6. The maximum absolute atomic E-state index is 12.9. The van der Waals surface area contributed by atoms with E-state index in [0.717, 1.165) is 18.9 Å². The lowest BCUT2D eigenvalue weighted by Gasteiger charge is -2.31. The number of aromatic nitrogens is 3. The summed E-state index contributed by atoms with van der Waals surface area (Å²) < 4.78 is 43.5. The van der Waals surface area contributed by atoms with Gasteiger partial charge in [0.1, 0.15) is 11.5 Å². The van der Waals surface area contributed by atoms with Crippen LogP contribution < -0.4 is 5.32 Å². The highest BCUT2D eigenvalue weighted by Crippen LogP contribution is 2.30. The van der Waals surface area contributed by atoms with Crippen molar-refractivity contribution >= 4 is 22.6 Å². The Balaban J connectivity index is 1.37. The van der Waals surface area contributed by atoms with Crippen molar-refractivity contribution in [2.24, 2.45) is 5.92 Å². The number of piperidine rings is 1. The van der Waals surface area contributed by atoms with Gasteiger partial charge in [-0.25, -0.2) is 9.97 Å². The minimum atomic E-state index is -4.48. The molecular formula is C19H18F3N5O2. The largest absolute Gasteiger partial charge is 0.433 e. The molecule has 1 aliphatic heterocycles. The van der Waals surface area contributed by atoms with Gasteiger partial charge < -0.3 is 14.7 Å². The molecule has 1 saturated heterocycles. The molecule has 1 fully saturated rings. The smallest absolute Gasteiger partial charge is 0.369 e. The average Bonchev–Trinajstić information content (AvgIpc) is 3.26. The molecule has 0 saturated carbocycles. The van der Waals surface area contributed by atoms with E-state index >= 15 is 0 Å². The molecule has 0 aliphatic carbocycles. The summed E-state index contributed by atoms with van der Waals surface area (Å²) in [6, 6.07) is 5.35. The Kier molecular flexibility index (Phi) is 5.08. The quantitative estimate of drug-likeness (QED) is 0.714. The first kappa shape index (κ1) is 19.2. The molecule has 10 heteroatoms. The molecule has 1 amide bonds. The first-order valence-electron chi connectivity index (χ1n) is 9.18. The summed E-state index contributed by atoms with van der Waals surface area (Å²) in [5.41, 5.74) is -0.684. The Hall–Kier alpha value is -3.17. The van der Waals surface area contributed by atoms with Gasteiger partial charge >= 0.3 is 6.18 Å². The number of anilines is 1. The molecule has 4 rings (SSSR count). The topological polar surface area (TPSA) is 84.2 Å². The Bertz CT molecular complexity index is 999. The lowest BCUT2D eigenvalue weighted by molar-refractivity contribution is -0.140. The lowest BCUT2D eigenvalue weighted by atomic mass is 9.96. The van der Waals surface area contributed by atoms with Crippen LogP contribution in [0.25, 0.3) is 10.9 Å². The molecule has 1 N–H and O–H groups in total. The molecule has 29 heavy (non-hydrogen) atoms. The third-order valence-corrected chi connectivity index (χ3v) is 5.01. The minimum absolute atomic E-state index is 0.170. The van der Waals surface area contributed by atoms with Gasteiger partial charge in [-0.05, 0) is 37.0 Å². The van der Waals surface area contributed by atoms with E-state index in [4.69, 9.17) is 4.52 Å². The molecule has 0 bridgehead atoms. The van der Waals surface area contributed by atoms with Crippen molar-refractivity contribution in [1.82, 2.24) is 20.0 Å². The second kappa shape index (κ2) is 7.69. The third-order valence-electron chi connectivity index (χ3n) is 5.01. The Morgan fingerprint density at radius 1 is 1.17 bits per heavy atom. The van der Waals surface area contributed by atoms with Crippen LogP contribution in [-0.4, -0.2) is 45.6 Å². The number of pyridine rings is 2. The van der Waals surface area contributed by atoms with Crippen molar-refractivity contribution < 1.29 is 22.5 Å². The number of nitrogens with zero attached hydrogens (tertiary/aromatic N) is 4. The van der Waals surface area contributed by atoms with Gasteiger partial charge in [-0.1, -0.05) is 5.16 Å². The highest BCUT2D eigenvalue weighted by molar-refractivity contribution is 5.91. The molecule has 1 aliphatic rings. The van der Waals surface area contributed by atoms with E-state index < -0.39 is 11.9 Å². The number of rotatable bonds is 4. The van der Waals surface area contributed by atoms with Gasteiger partial charge in [0.2, 0.25) is 5.76 Å².